The zero-order valence-electron chi connectivity index (χ0n) is 9.15. The number of nitrogens with two attached hydrogens (primary N) is 1. The van der Waals surface area contributed by atoms with Crippen LogP contribution in [0.2, 0.25) is 0 Å². The number of hydrogen-bond acceptors (Lipinski definition) is 6. The maximum atomic E-state index is 13.4. The van der Waals surface area contributed by atoms with Gasteiger partial charge in [0.05, 0.1) is 4.92 Å². The van der Waals surface area contributed by atoms with E-state index in [4.69, 9.17) is 16.4 Å². The van der Waals surface area contributed by atoms with Gasteiger partial charge < -0.3 is 5.73 Å². The second-order valence-electron chi connectivity index (χ2n) is 3.11. The maximum absolute atomic E-state index is 13.4. The molecule has 0 spiro atoms. The summed E-state index contributed by atoms with van der Waals surface area (Å²) in [5.74, 6) is -1.68. The van der Waals surface area contributed by atoms with Crippen LogP contribution >= 0.6 is 15.9 Å². The Morgan fingerprint density at radius 2 is 2.32 bits per heavy atom. The minimum atomic E-state index is -1.06. The van der Waals surface area contributed by atoms with Gasteiger partial charge in [-0.3, -0.25) is 20.9 Å². The molecule has 1 rings (SSSR count). The summed E-state index contributed by atoms with van der Waals surface area (Å²) in [6.45, 7) is 0. The molecule has 19 heavy (non-hydrogen) atoms. The van der Waals surface area contributed by atoms with Crippen LogP contribution in [0.25, 0.3) is 0 Å². The Labute approximate surface area is 114 Å². The molecule has 0 amide bonds. The van der Waals surface area contributed by atoms with E-state index in [2.05, 4.69) is 26.5 Å². The Bertz CT molecular complexity index is 624. The summed E-state index contributed by atoms with van der Waals surface area (Å²) in [6, 6.07) is 3.66. The average molecular weight is 329 g/mol. The summed E-state index contributed by atoms with van der Waals surface area (Å²) in [6.07, 6.45) is 0. The predicted octanol–water partition coefficient (Wildman–Crippen LogP) is 1.72. The molecule has 0 atom stereocenters. The summed E-state index contributed by atoms with van der Waals surface area (Å²) < 4.78 is 13.5. The lowest BCUT2D eigenvalue weighted by atomic mass is 10.2. The largest absolute Gasteiger partial charge is 0.382 e. The van der Waals surface area contributed by atoms with E-state index >= 15 is 0 Å². The molecular formula is C9H6BrFN6O2. The van der Waals surface area contributed by atoms with Gasteiger partial charge in [-0.1, -0.05) is 0 Å². The van der Waals surface area contributed by atoms with Crippen LogP contribution < -0.4 is 11.2 Å². The topological polar surface area (TPSA) is 141 Å². The van der Waals surface area contributed by atoms with Gasteiger partial charge >= 0.3 is 5.69 Å². The number of amidine groups is 1. The molecule has 1 aromatic carbocycles. The van der Waals surface area contributed by atoms with Crippen molar-refractivity contribution in [1.82, 2.24) is 0 Å². The number of nitro benzene ring substituents is 1. The molecule has 0 saturated heterocycles. The Morgan fingerprint density at radius 1 is 1.68 bits per heavy atom. The minimum Gasteiger partial charge on any atom is -0.382 e. The zero-order valence-corrected chi connectivity index (χ0v) is 10.7. The van der Waals surface area contributed by atoms with Crippen LogP contribution in [0.15, 0.2) is 21.7 Å². The van der Waals surface area contributed by atoms with Gasteiger partial charge in [0, 0.05) is 4.47 Å². The van der Waals surface area contributed by atoms with Crippen molar-refractivity contribution in [1.29, 1.82) is 10.7 Å². The summed E-state index contributed by atoms with van der Waals surface area (Å²) in [4.78, 5) is 9.83. The number of nitro groups is 1. The van der Waals surface area contributed by atoms with E-state index in [0.29, 0.717) is 0 Å². The van der Waals surface area contributed by atoms with Gasteiger partial charge in [-0.05, 0) is 28.1 Å². The first kappa shape index (κ1) is 14.5. The van der Waals surface area contributed by atoms with Crippen molar-refractivity contribution in [3.63, 3.8) is 0 Å². The van der Waals surface area contributed by atoms with Crippen LogP contribution in [0.1, 0.15) is 0 Å². The maximum Gasteiger partial charge on any atom is 0.330 e. The van der Waals surface area contributed by atoms with E-state index in [0.717, 1.165) is 6.07 Å². The number of nitriles is 1. The monoisotopic (exact) mass is 328 g/mol. The molecule has 4 N–H and O–H groups in total. The van der Waals surface area contributed by atoms with E-state index in [1.54, 1.807) is 0 Å². The third-order valence-corrected chi connectivity index (χ3v) is 2.56. The fourth-order valence-corrected chi connectivity index (χ4v) is 1.49. The Morgan fingerprint density at radius 3 is 2.79 bits per heavy atom. The smallest absolute Gasteiger partial charge is 0.330 e. The van der Waals surface area contributed by atoms with Crippen LogP contribution in [0.3, 0.4) is 0 Å². The molecule has 1 aromatic rings. The van der Waals surface area contributed by atoms with E-state index in [9.17, 15) is 14.5 Å². The molecule has 0 radical (unpaired) electrons. The fraction of sp³-hybridized carbons (Fsp3) is 0. The molecular weight excluding hydrogens is 323 g/mol. The lowest BCUT2D eigenvalue weighted by Gasteiger charge is -2.05. The van der Waals surface area contributed by atoms with Gasteiger partial charge in [0.25, 0.3) is 0 Å². The van der Waals surface area contributed by atoms with Crippen molar-refractivity contribution < 1.29 is 9.31 Å². The van der Waals surface area contributed by atoms with Crippen molar-refractivity contribution in [2.75, 3.05) is 5.43 Å². The number of nitrogens with one attached hydrogen (secondary N) is 2. The van der Waals surface area contributed by atoms with Gasteiger partial charge in [0.1, 0.15) is 6.07 Å². The Balaban J connectivity index is 3.29. The first-order valence-corrected chi connectivity index (χ1v) is 5.38. The number of halogens is 2. The van der Waals surface area contributed by atoms with Crippen LogP contribution in [0.5, 0.6) is 0 Å². The van der Waals surface area contributed by atoms with Crippen molar-refractivity contribution >= 4 is 38.9 Å². The molecule has 0 fully saturated rings. The molecule has 0 heterocycles. The third kappa shape index (κ3) is 3.23. The second kappa shape index (κ2) is 5.87. The van der Waals surface area contributed by atoms with Gasteiger partial charge in [-0.15, -0.1) is 0 Å². The van der Waals surface area contributed by atoms with Gasteiger partial charge in [0.2, 0.25) is 11.5 Å². The summed E-state index contributed by atoms with van der Waals surface area (Å²) in [5.41, 5.74) is 5.61. The summed E-state index contributed by atoms with van der Waals surface area (Å²) in [7, 11) is 0. The van der Waals surface area contributed by atoms with Crippen molar-refractivity contribution in [3.05, 3.63) is 32.5 Å². The first-order valence-electron chi connectivity index (χ1n) is 4.59. The van der Waals surface area contributed by atoms with Crippen molar-refractivity contribution in [2.24, 2.45) is 10.8 Å². The standard InChI is InChI=1S/C9H6BrFN6O2/c10-4-1-2-5(11)8(17(18)19)7(4)16-15-6(3-12)9(13)14/h1-2,16H,(H3,13,14)/b15-6+. The zero-order chi connectivity index (χ0) is 14.6. The van der Waals surface area contributed by atoms with Crippen LogP contribution in [0, 0.1) is 32.7 Å². The highest BCUT2D eigenvalue weighted by Crippen LogP contribution is 2.34. The van der Waals surface area contributed by atoms with E-state index in [1.807, 2.05) is 0 Å². The predicted molar refractivity (Wildman–Crippen MR) is 69.3 cm³/mol. The molecule has 0 aliphatic rings. The molecule has 0 unspecified atom stereocenters. The normalized spacial score (nSPS) is 10.7. The van der Waals surface area contributed by atoms with Gasteiger partial charge in [0.15, 0.2) is 11.5 Å². The first-order chi connectivity index (χ1) is 8.88. The van der Waals surface area contributed by atoms with Crippen LogP contribution in [0.4, 0.5) is 15.8 Å². The van der Waals surface area contributed by atoms with Gasteiger partial charge in [-0.2, -0.15) is 14.8 Å². The molecule has 0 saturated carbocycles. The number of hydrogen-bond donors (Lipinski definition) is 3. The number of rotatable bonds is 4. The SMILES string of the molecule is N#C/C(=N\Nc1c(Br)ccc(F)c1[N+](=O)[O-])C(=N)N. The fourth-order valence-electron chi connectivity index (χ4n) is 1.08. The summed E-state index contributed by atoms with van der Waals surface area (Å²) in [5, 5.41) is 29.8. The number of benzene rings is 1. The molecule has 10 heteroatoms. The lowest BCUT2D eigenvalue weighted by Crippen LogP contribution is -2.22. The van der Waals surface area contributed by atoms with Crippen molar-refractivity contribution in [3.8, 4) is 6.07 Å². The lowest BCUT2D eigenvalue weighted by molar-refractivity contribution is -0.386. The number of anilines is 1. The third-order valence-electron chi connectivity index (χ3n) is 1.90. The highest BCUT2D eigenvalue weighted by atomic mass is 79.9. The molecule has 0 bridgehead atoms. The highest BCUT2D eigenvalue weighted by molar-refractivity contribution is 9.10. The molecule has 98 valence electrons. The molecule has 0 aliphatic carbocycles. The Hall–Kier alpha value is -2.54. The highest BCUT2D eigenvalue weighted by Gasteiger charge is 2.23. The minimum absolute atomic E-state index is 0.171. The number of hydrazone groups is 1. The van der Waals surface area contributed by atoms with Crippen molar-refractivity contribution in [2.45, 2.75) is 0 Å². The number of nitrogens with zero attached hydrogens (tertiary/aromatic N) is 3. The van der Waals surface area contributed by atoms with Crippen LogP contribution in [-0.2, 0) is 0 Å². The second-order valence-corrected chi connectivity index (χ2v) is 3.96. The van der Waals surface area contributed by atoms with Gasteiger partial charge in [-0.25, -0.2) is 0 Å². The van der Waals surface area contributed by atoms with Crippen LogP contribution in [-0.4, -0.2) is 16.5 Å². The summed E-state index contributed by atoms with van der Waals surface area (Å²) >= 11 is 2.99. The molecule has 8 nitrogen and oxygen atoms in total. The van der Waals surface area contributed by atoms with E-state index in [1.165, 1.54) is 12.1 Å². The van der Waals surface area contributed by atoms with E-state index in [-0.39, 0.29) is 10.2 Å². The molecule has 0 aliphatic heterocycles. The Kier molecular flexibility index (Phi) is 4.49. The molecule has 0 aromatic heterocycles. The average Bonchev–Trinajstić information content (AvgIpc) is 2.33. The van der Waals surface area contributed by atoms with E-state index < -0.39 is 28.0 Å². The quantitative estimate of drug-likeness (QED) is 0.334.